The van der Waals surface area contributed by atoms with Crippen molar-refractivity contribution in [3.8, 4) is 5.75 Å². The van der Waals surface area contributed by atoms with Crippen LogP contribution in [0.4, 0.5) is 0 Å². The van der Waals surface area contributed by atoms with Gasteiger partial charge in [-0.05, 0) is 37.1 Å². The molecule has 1 atom stereocenters. The van der Waals surface area contributed by atoms with Crippen LogP contribution in [0, 0.1) is 6.92 Å². The lowest BCUT2D eigenvalue weighted by Crippen LogP contribution is -2.31. The lowest BCUT2D eigenvalue weighted by molar-refractivity contribution is -0.123. The third-order valence-corrected chi connectivity index (χ3v) is 3.68. The van der Waals surface area contributed by atoms with Crippen LogP contribution in [0.15, 0.2) is 48.5 Å². The van der Waals surface area contributed by atoms with Crippen molar-refractivity contribution in [1.29, 1.82) is 0 Å². The molecule has 5 heteroatoms. The number of esters is 1. The number of benzene rings is 2. The van der Waals surface area contributed by atoms with Crippen molar-refractivity contribution in [3.63, 3.8) is 0 Å². The topological polar surface area (TPSA) is 64.6 Å². The first-order valence-electron chi connectivity index (χ1n) is 7.68. The van der Waals surface area contributed by atoms with E-state index in [1.165, 1.54) is 7.11 Å². The molecule has 1 N–H and O–H groups in total. The Labute approximate surface area is 141 Å². The van der Waals surface area contributed by atoms with Crippen LogP contribution in [-0.4, -0.2) is 25.6 Å². The summed E-state index contributed by atoms with van der Waals surface area (Å²) in [5.41, 5.74) is 2.46. The number of carbonyl (C=O) groups is 2. The molecule has 2 rings (SSSR count). The van der Waals surface area contributed by atoms with Crippen molar-refractivity contribution in [2.24, 2.45) is 0 Å². The maximum Gasteiger partial charge on any atom is 0.341 e. The van der Waals surface area contributed by atoms with E-state index in [0.717, 1.165) is 11.1 Å². The number of methoxy groups -OCH3 is 1. The van der Waals surface area contributed by atoms with Crippen molar-refractivity contribution < 1.29 is 19.1 Å². The molecular formula is C19H21NO4. The number of para-hydroxylation sites is 1. The van der Waals surface area contributed by atoms with Gasteiger partial charge in [0.15, 0.2) is 6.61 Å². The van der Waals surface area contributed by atoms with Gasteiger partial charge < -0.3 is 14.8 Å². The van der Waals surface area contributed by atoms with Crippen LogP contribution in [0.25, 0.3) is 0 Å². The number of amides is 1. The molecule has 0 fully saturated rings. The van der Waals surface area contributed by atoms with Gasteiger partial charge in [0.05, 0.1) is 13.2 Å². The minimum Gasteiger partial charge on any atom is -0.483 e. The Hall–Kier alpha value is -2.82. The zero-order chi connectivity index (χ0) is 17.5. The molecule has 0 radical (unpaired) electrons. The highest BCUT2D eigenvalue weighted by Gasteiger charge is 2.15. The molecule has 126 valence electrons. The van der Waals surface area contributed by atoms with Gasteiger partial charge in [0.25, 0.3) is 5.91 Å². The fourth-order valence-corrected chi connectivity index (χ4v) is 2.45. The summed E-state index contributed by atoms with van der Waals surface area (Å²) in [5, 5.41) is 2.89. The number of carbonyl (C=O) groups excluding carboxylic acids is 2. The molecule has 0 heterocycles. The molecule has 0 aliphatic rings. The second kappa shape index (κ2) is 8.15. The van der Waals surface area contributed by atoms with Gasteiger partial charge in [-0.3, -0.25) is 4.79 Å². The monoisotopic (exact) mass is 327 g/mol. The first-order valence-corrected chi connectivity index (χ1v) is 7.68. The number of hydrogen-bond donors (Lipinski definition) is 1. The molecule has 5 nitrogen and oxygen atoms in total. The fourth-order valence-electron chi connectivity index (χ4n) is 2.45. The number of aryl methyl sites for hydroxylation is 1. The normalized spacial score (nSPS) is 11.5. The molecule has 0 saturated heterocycles. The lowest BCUT2D eigenvalue weighted by Gasteiger charge is -2.17. The maximum absolute atomic E-state index is 12.1. The Morgan fingerprint density at radius 1 is 1.08 bits per heavy atom. The van der Waals surface area contributed by atoms with Crippen LogP contribution in [-0.2, 0) is 9.53 Å². The largest absolute Gasteiger partial charge is 0.483 e. The summed E-state index contributed by atoms with van der Waals surface area (Å²) in [6.45, 7) is 3.74. The summed E-state index contributed by atoms with van der Waals surface area (Å²) in [5.74, 6) is -0.437. The average Bonchev–Trinajstić information content (AvgIpc) is 2.59. The molecule has 0 aliphatic carbocycles. The minimum absolute atomic E-state index is 0.127. The Balaban J connectivity index is 1.97. The molecule has 0 aromatic heterocycles. The van der Waals surface area contributed by atoms with Crippen LogP contribution in [0.3, 0.4) is 0 Å². The van der Waals surface area contributed by atoms with Crippen LogP contribution >= 0.6 is 0 Å². The first kappa shape index (κ1) is 17.5. The van der Waals surface area contributed by atoms with E-state index >= 15 is 0 Å². The highest BCUT2D eigenvalue weighted by atomic mass is 16.5. The average molecular weight is 327 g/mol. The van der Waals surface area contributed by atoms with Gasteiger partial charge in [-0.15, -0.1) is 0 Å². The van der Waals surface area contributed by atoms with Crippen LogP contribution in [0.5, 0.6) is 5.75 Å². The zero-order valence-electron chi connectivity index (χ0n) is 14.0. The third-order valence-electron chi connectivity index (χ3n) is 3.68. The van der Waals surface area contributed by atoms with Crippen LogP contribution in [0.2, 0.25) is 0 Å². The molecule has 0 unspecified atom stereocenters. The van der Waals surface area contributed by atoms with E-state index in [2.05, 4.69) is 5.32 Å². The summed E-state index contributed by atoms with van der Waals surface area (Å²) in [4.78, 5) is 23.8. The molecular weight excluding hydrogens is 306 g/mol. The van der Waals surface area contributed by atoms with Crippen molar-refractivity contribution >= 4 is 11.9 Å². The molecule has 2 aromatic carbocycles. The highest BCUT2D eigenvalue weighted by molar-refractivity contribution is 5.92. The Kier molecular flexibility index (Phi) is 5.95. The van der Waals surface area contributed by atoms with E-state index in [0.29, 0.717) is 11.3 Å². The van der Waals surface area contributed by atoms with Crippen molar-refractivity contribution in [2.75, 3.05) is 13.7 Å². The van der Waals surface area contributed by atoms with E-state index in [4.69, 9.17) is 9.47 Å². The van der Waals surface area contributed by atoms with E-state index in [-0.39, 0.29) is 18.6 Å². The number of ether oxygens (including phenoxy) is 2. The van der Waals surface area contributed by atoms with Gasteiger partial charge in [-0.25, -0.2) is 4.79 Å². The standard InChI is InChI=1S/C19H21NO4/c1-13-8-4-5-9-15(13)14(2)20-18(21)12-24-17-11-7-6-10-16(17)19(22)23-3/h4-11,14H,12H2,1-3H3,(H,20,21)/t14-/m0/s1. The van der Waals surface area contributed by atoms with Gasteiger partial charge in [0.2, 0.25) is 0 Å². The molecule has 0 spiro atoms. The van der Waals surface area contributed by atoms with Crippen molar-refractivity contribution in [1.82, 2.24) is 5.32 Å². The minimum atomic E-state index is -0.501. The first-order chi connectivity index (χ1) is 11.5. The molecule has 2 aromatic rings. The Morgan fingerprint density at radius 2 is 1.75 bits per heavy atom. The van der Waals surface area contributed by atoms with Crippen LogP contribution < -0.4 is 10.1 Å². The third kappa shape index (κ3) is 4.35. The fraction of sp³-hybridized carbons (Fsp3) is 0.263. The molecule has 0 aliphatic heterocycles. The molecule has 0 saturated carbocycles. The SMILES string of the molecule is COC(=O)c1ccccc1OCC(=O)N[C@@H](C)c1ccccc1C. The number of rotatable bonds is 6. The van der Waals surface area contributed by atoms with Gasteiger partial charge in [-0.1, -0.05) is 36.4 Å². The Morgan fingerprint density at radius 3 is 2.46 bits per heavy atom. The summed E-state index contributed by atoms with van der Waals surface area (Å²) < 4.78 is 10.2. The lowest BCUT2D eigenvalue weighted by atomic mass is 10.0. The van der Waals surface area contributed by atoms with Crippen molar-refractivity contribution in [3.05, 3.63) is 65.2 Å². The Bertz CT molecular complexity index is 727. The zero-order valence-corrected chi connectivity index (χ0v) is 14.0. The second-order valence-corrected chi connectivity index (χ2v) is 5.42. The van der Waals surface area contributed by atoms with Crippen LogP contribution in [0.1, 0.15) is 34.5 Å². The summed E-state index contributed by atoms with van der Waals surface area (Å²) in [6.07, 6.45) is 0. The predicted octanol–water partition coefficient (Wildman–Crippen LogP) is 3.04. The number of hydrogen-bond acceptors (Lipinski definition) is 4. The van der Waals surface area contributed by atoms with Crippen molar-refractivity contribution in [2.45, 2.75) is 19.9 Å². The molecule has 24 heavy (non-hydrogen) atoms. The smallest absolute Gasteiger partial charge is 0.341 e. The van der Waals surface area contributed by atoms with E-state index < -0.39 is 5.97 Å². The summed E-state index contributed by atoms with van der Waals surface area (Å²) >= 11 is 0. The van der Waals surface area contributed by atoms with Gasteiger partial charge >= 0.3 is 5.97 Å². The molecule has 1 amide bonds. The van der Waals surface area contributed by atoms with E-state index in [1.54, 1.807) is 24.3 Å². The quantitative estimate of drug-likeness (QED) is 0.828. The highest BCUT2D eigenvalue weighted by Crippen LogP contribution is 2.19. The maximum atomic E-state index is 12.1. The second-order valence-electron chi connectivity index (χ2n) is 5.42. The van der Waals surface area contributed by atoms with Gasteiger partial charge in [0.1, 0.15) is 11.3 Å². The van der Waals surface area contributed by atoms with Gasteiger partial charge in [-0.2, -0.15) is 0 Å². The number of nitrogens with one attached hydrogen (secondary N) is 1. The van der Waals surface area contributed by atoms with E-state index in [1.807, 2.05) is 38.1 Å². The molecule has 0 bridgehead atoms. The predicted molar refractivity (Wildman–Crippen MR) is 91.0 cm³/mol. The summed E-state index contributed by atoms with van der Waals surface area (Å²) in [7, 11) is 1.30. The van der Waals surface area contributed by atoms with Gasteiger partial charge in [0, 0.05) is 0 Å². The summed E-state index contributed by atoms with van der Waals surface area (Å²) in [6, 6.07) is 14.4. The van der Waals surface area contributed by atoms with E-state index in [9.17, 15) is 9.59 Å².